The minimum atomic E-state index is 0.0900. The molecule has 0 spiro atoms. The van der Waals surface area contributed by atoms with E-state index in [0.29, 0.717) is 6.04 Å². The SMILES string of the molecule is O=C(NC1CC2CC1C1CCCC21)[C@@H]1CCCCN1. The molecule has 4 aliphatic rings. The summed E-state index contributed by atoms with van der Waals surface area (Å²) in [4.78, 5) is 12.3. The van der Waals surface area contributed by atoms with Gasteiger partial charge >= 0.3 is 0 Å². The van der Waals surface area contributed by atoms with Crippen molar-refractivity contribution in [3.05, 3.63) is 0 Å². The Labute approximate surface area is 115 Å². The Balaban J connectivity index is 1.37. The van der Waals surface area contributed by atoms with E-state index < -0.39 is 0 Å². The molecule has 5 unspecified atom stereocenters. The number of nitrogens with one attached hydrogen (secondary N) is 2. The van der Waals surface area contributed by atoms with Crippen LogP contribution in [0.25, 0.3) is 0 Å². The zero-order valence-corrected chi connectivity index (χ0v) is 11.7. The minimum Gasteiger partial charge on any atom is -0.352 e. The zero-order chi connectivity index (χ0) is 12.8. The van der Waals surface area contributed by atoms with Crippen LogP contribution in [0.2, 0.25) is 0 Å². The molecule has 0 aromatic heterocycles. The lowest BCUT2D eigenvalue weighted by Gasteiger charge is -2.33. The van der Waals surface area contributed by atoms with E-state index in [2.05, 4.69) is 10.6 Å². The Hall–Kier alpha value is -0.570. The van der Waals surface area contributed by atoms with Gasteiger partial charge in [0.05, 0.1) is 6.04 Å². The molecule has 2 bridgehead atoms. The summed E-state index contributed by atoms with van der Waals surface area (Å²) in [7, 11) is 0. The van der Waals surface area contributed by atoms with Crippen LogP contribution in [0, 0.1) is 23.7 Å². The van der Waals surface area contributed by atoms with E-state index >= 15 is 0 Å². The Morgan fingerprint density at radius 2 is 1.84 bits per heavy atom. The van der Waals surface area contributed by atoms with E-state index in [1.807, 2.05) is 0 Å². The zero-order valence-electron chi connectivity index (χ0n) is 11.7. The number of hydrogen-bond donors (Lipinski definition) is 2. The molecule has 6 atom stereocenters. The maximum absolute atomic E-state index is 12.3. The lowest BCUT2D eigenvalue weighted by Crippen LogP contribution is -2.51. The van der Waals surface area contributed by atoms with E-state index in [0.717, 1.165) is 36.6 Å². The van der Waals surface area contributed by atoms with E-state index in [-0.39, 0.29) is 11.9 Å². The second-order valence-corrected chi connectivity index (χ2v) is 7.27. The van der Waals surface area contributed by atoms with Crippen molar-refractivity contribution in [2.45, 2.75) is 63.5 Å². The molecular weight excluding hydrogens is 236 g/mol. The van der Waals surface area contributed by atoms with Crippen LogP contribution in [-0.4, -0.2) is 24.5 Å². The number of fused-ring (bicyclic) bond motifs is 5. The molecule has 3 aliphatic carbocycles. The van der Waals surface area contributed by atoms with Gasteiger partial charge in [0.2, 0.25) is 5.91 Å². The molecule has 1 heterocycles. The van der Waals surface area contributed by atoms with Gasteiger partial charge in [0.15, 0.2) is 0 Å². The molecule has 1 aliphatic heterocycles. The van der Waals surface area contributed by atoms with Gasteiger partial charge in [-0.1, -0.05) is 12.8 Å². The van der Waals surface area contributed by atoms with Gasteiger partial charge in [-0.05, 0) is 68.7 Å². The van der Waals surface area contributed by atoms with Crippen molar-refractivity contribution in [2.75, 3.05) is 6.54 Å². The van der Waals surface area contributed by atoms with Gasteiger partial charge < -0.3 is 10.6 Å². The van der Waals surface area contributed by atoms with Crippen LogP contribution >= 0.6 is 0 Å². The number of carbonyl (C=O) groups excluding carboxylic acids is 1. The maximum atomic E-state index is 12.3. The quantitative estimate of drug-likeness (QED) is 0.800. The monoisotopic (exact) mass is 262 g/mol. The molecule has 1 saturated heterocycles. The Morgan fingerprint density at radius 1 is 0.947 bits per heavy atom. The fraction of sp³-hybridized carbons (Fsp3) is 0.938. The third-order valence-corrected chi connectivity index (χ3v) is 6.38. The predicted octanol–water partition coefficient (Wildman–Crippen LogP) is 2.07. The molecular formula is C16H26N2O. The van der Waals surface area contributed by atoms with Crippen molar-refractivity contribution in [1.29, 1.82) is 0 Å². The third-order valence-electron chi connectivity index (χ3n) is 6.38. The Kier molecular flexibility index (Phi) is 3.06. The first kappa shape index (κ1) is 12.2. The molecule has 106 valence electrons. The molecule has 2 N–H and O–H groups in total. The van der Waals surface area contributed by atoms with E-state index in [9.17, 15) is 4.79 Å². The fourth-order valence-corrected chi connectivity index (χ4v) is 5.59. The predicted molar refractivity (Wildman–Crippen MR) is 74.6 cm³/mol. The molecule has 4 fully saturated rings. The van der Waals surface area contributed by atoms with Crippen LogP contribution in [-0.2, 0) is 4.79 Å². The van der Waals surface area contributed by atoms with E-state index in [4.69, 9.17) is 0 Å². The highest BCUT2D eigenvalue weighted by molar-refractivity contribution is 5.82. The number of carbonyl (C=O) groups is 1. The molecule has 3 saturated carbocycles. The number of hydrogen-bond acceptors (Lipinski definition) is 2. The fourth-order valence-electron chi connectivity index (χ4n) is 5.59. The number of piperidine rings is 1. The van der Waals surface area contributed by atoms with Crippen molar-refractivity contribution >= 4 is 5.91 Å². The van der Waals surface area contributed by atoms with Gasteiger partial charge in [-0.2, -0.15) is 0 Å². The first-order valence-corrected chi connectivity index (χ1v) is 8.36. The van der Waals surface area contributed by atoms with Crippen molar-refractivity contribution in [2.24, 2.45) is 23.7 Å². The molecule has 19 heavy (non-hydrogen) atoms. The molecule has 0 radical (unpaired) electrons. The molecule has 3 nitrogen and oxygen atoms in total. The van der Waals surface area contributed by atoms with Gasteiger partial charge in [-0.3, -0.25) is 4.79 Å². The van der Waals surface area contributed by atoms with Crippen molar-refractivity contribution in [1.82, 2.24) is 10.6 Å². The van der Waals surface area contributed by atoms with E-state index in [1.165, 1.54) is 44.9 Å². The first-order chi connectivity index (χ1) is 9.33. The molecule has 0 aromatic carbocycles. The van der Waals surface area contributed by atoms with Gasteiger partial charge in [0.1, 0.15) is 0 Å². The topological polar surface area (TPSA) is 41.1 Å². The summed E-state index contributed by atoms with van der Waals surface area (Å²) >= 11 is 0. The summed E-state index contributed by atoms with van der Waals surface area (Å²) in [5.41, 5.74) is 0. The van der Waals surface area contributed by atoms with Crippen LogP contribution in [0.5, 0.6) is 0 Å². The van der Waals surface area contributed by atoms with Crippen LogP contribution in [0.3, 0.4) is 0 Å². The van der Waals surface area contributed by atoms with Gasteiger partial charge in [-0.25, -0.2) is 0 Å². The second kappa shape index (κ2) is 4.76. The van der Waals surface area contributed by atoms with Crippen molar-refractivity contribution in [3.63, 3.8) is 0 Å². The smallest absolute Gasteiger partial charge is 0.237 e. The normalized spacial score (nSPS) is 48.2. The third kappa shape index (κ3) is 2.01. The van der Waals surface area contributed by atoms with Gasteiger partial charge in [0, 0.05) is 6.04 Å². The van der Waals surface area contributed by atoms with Crippen LogP contribution < -0.4 is 10.6 Å². The van der Waals surface area contributed by atoms with Crippen LogP contribution in [0.4, 0.5) is 0 Å². The summed E-state index contributed by atoms with van der Waals surface area (Å²) < 4.78 is 0. The first-order valence-electron chi connectivity index (χ1n) is 8.36. The molecule has 0 aromatic rings. The minimum absolute atomic E-state index is 0.0900. The summed E-state index contributed by atoms with van der Waals surface area (Å²) in [6, 6.07) is 0.591. The molecule has 3 heteroatoms. The van der Waals surface area contributed by atoms with Crippen molar-refractivity contribution < 1.29 is 4.79 Å². The van der Waals surface area contributed by atoms with Crippen LogP contribution in [0.1, 0.15) is 51.4 Å². The van der Waals surface area contributed by atoms with Gasteiger partial charge in [0.25, 0.3) is 0 Å². The highest BCUT2D eigenvalue weighted by Gasteiger charge is 2.54. The largest absolute Gasteiger partial charge is 0.352 e. The van der Waals surface area contributed by atoms with E-state index in [1.54, 1.807) is 0 Å². The number of rotatable bonds is 2. The summed E-state index contributed by atoms with van der Waals surface area (Å²) in [5, 5.41) is 6.76. The molecule has 4 rings (SSSR count). The Morgan fingerprint density at radius 3 is 2.68 bits per heavy atom. The highest BCUT2D eigenvalue weighted by atomic mass is 16.2. The maximum Gasteiger partial charge on any atom is 0.237 e. The summed E-state index contributed by atoms with van der Waals surface area (Å²) in [6.07, 6.45) is 10.5. The summed E-state index contributed by atoms with van der Waals surface area (Å²) in [6.45, 7) is 1.01. The highest BCUT2D eigenvalue weighted by Crippen LogP contribution is 2.58. The summed E-state index contributed by atoms with van der Waals surface area (Å²) in [5.74, 6) is 3.99. The van der Waals surface area contributed by atoms with Crippen molar-refractivity contribution in [3.8, 4) is 0 Å². The average molecular weight is 262 g/mol. The van der Waals surface area contributed by atoms with Gasteiger partial charge in [-0.15, -0.1) is 0 Å². The average Bonchev–Trinajstić information content (AvgIpc) is 3.11. The second-order valence-electron chi connectivity index (χ2n) is 7.27. The molecule has 1 amide bonds. The Bertz CT molecular complexity index is 364. The van der Waals surface area contributed by atoms with Crippen LogP contribution in [0.15, 0.2) is 0 Å². The standard InChI is InChI=1S/C16H26N2O/c19-16(14-6-1-2-7-17-14)18-15-9-10-8-13(15)12-5-3-4-11(10)12/h10-15,17H,1-9H2,(H,18,19)/t10?,11?,12?,13?,14-,15?/m0/s1. The lowest BCUT2D eigenvalue weighted by atomic mass is 9.79. The lowest BCUT2D eigenvalue weighted by molar-refractivity contribution is -0.124. The number of amides is 1.